The van der Waals surface area contributed by atoms with Gasteiger partial charge < -0.3 is 21.6 Å². The van der Waals surface area contributed by atoms with Gasteiger partial charge in [0.1, 0.15) is 0 Å². The van der Waals surface area contributed by atoms with E-state index < -0.39 is 0 Å². The predicted octanol–water partition coefficient (Wildman–Crippen LogP) is 2.89. The van der Waals surface area contributed by atoms with Crippen molar-refractivity contribution in [2.45, 2.75) is 56.5 Å². The van der Waals surface area contributed by atoms with Crippen LogP contribution in [0, 0.1) is 25.3 Å². The zero-order valence-corrected chi connectivity index (χ0v) is 18.3. The van der Waals surface area contributed by atoms with Crippen molar-refractivity contribution in [1.29, 1.82) is 0 Å². The molecule has 0 aromatic carbocycles. The Morgan fingerprint density at radius 2 is 1.83 bits per heavy atom. The fraction of sp³-hybridized carbons (Fsp3) is 0.895. The Morgan fingerprint density at radius 1 is 1.09 bits per heavy atom. The van der Waals surface area contributed by atoms with E-state index in [4.69, 9.17) is 0 Å². The second-order valence-corrected chi connectivity index (χ2v) is 8.31. The molecule has 1 spiro atoms. The summed E-state index contributed by atoms with van der Waals surface area (Å²) >= 11 is 0. The summed E-state index contributed by atoms with van der Waals surface area (Å²) in [6.45, 7) is 9.95. The van der Waals surface area contributed by atoms with Crippen LogP contribution in [0.3, 0.4) is 0 Å². The van der Waals surface area contributed by atoms with Crippen molar-refractivity contribution in [1.82, 2.24) is 14.7 Å². The second kappa shape index (κ2) is 8.58. The first kappa shape index (κ1) is 20.3. The monoisotopic (exact) mass is 394 g/mol. The zero-order chi connectivity index (χ0) is 15.7. The maximum Gasteiger partial charge on any atom is 0.0208 e. The van der Waals surface area contributed by atoms with Gasteiger partial charge in [-0.05, 0) is 78.7 Å². The van der Waals surface area contributed by atoms with Gasteiger partial charge in [0.15, 0.2) is 0 Å². The predicted molar refractivity (Wildman–Crippen MR) is 93.4 cm³/mol. The topological polar surface area (TPSA) is 9.72 Å². The zero-order valence-electron chi connectivity index (χ0n) is 15.5. The van der Waals surface area contributed by atoms with Gasteiger partial charge in [0.2, 0.25) is 0 Å². The average molecular weight is 394 g/mol. The fourth-order valence-corrected chi connectivity index (χ4v) is 4.35. The van der Waals surface area contributed by atoms with Gasteiger partial charge in [-0.2, -0.15) is 12.3 Å². The molecular weight excluding hydrogens is 359 g/mol. The minimum absolute atomic E-state index is 0. The molecule has 0 amide bonds. The molecule has 3 aliphatic heterocycles. The van der Waals surface area contributed by atoms with Gasteiger partial charge in [-0.15, -0.1) is 0 Å². The molecule has 4 heteroatoms. The smallest absolute Gasteiger partial charge is 0.0208 e. The van der Waals surface area contributed by atoms with Crippen LogP contribution in [0.5, 0.6) is 0 Å². The van der Waals surface area contributed by atoms with Gasteiger partial charge in [-0.3, -0.25) is 6.54 Å². The molecule has 3 saturated heterocycles. The number of nitrogens with zero attached hydrogens (tertiary/aromatic N) is 3. The van der Waals surface area contributed by atoms with E-state index in [1.165, 1.54) is 51.6 Å². The second-order valence-electron chi connectivity index (χ2n) is 8.31. The van der Waals surface area contributed by atoms with E-state index in [0.717, 1.165) is 30.5 Å². The molecule has 3 heterocycles. The molecule has 0 bridgehead atoms. The third kappa shape index (κ3) is 5.48. The van der Waals surface area contributed by atoms with Crippen LogP contribution in [0.2, 0.25) is 0 Å². The number of fused-ring (bicyclic) bond motifs is 1. The summed E-state index contributed by atoms with van der Waals surface area (Å²) in [4.78, 5) is 7.20. The molecule has 5 fully saturated rings. The molecule has 5 aliphatic rings. The third-order valence-corrected chi connectivity index (χ3v) is 6.37. The van der Waals surface area contributed by atoms with Crippen molar-refractivity contribution in [2.24, 2.45) is 11.8 Å². The van der Waals surface area contributed by atoms with E-state index >= 15 is 0 Å². The molecule has 0 aromatic heterocycles. The van der Waals surface area contributed by atoms with E-state index in [-0.39, 0.29) is 32.7 Å². The number of hydrogen-bond donors (Lipinski definition) is 0. The molecule has 3 nitrogen and oxygen atoms in total. The summed E-state index contributed by atoms with van der Waals surface area (Å²) in [6, 6.07) is 1.01. The first-order valence-electron chi connectivity index (χ1n) is 9.28. The van der Waals surface area contributed by atoms with Crippen LogP contribution in [0.15, 0.2) is 0 Å². The van der Waals surface area contributed by atoms with Gasteiger partial charge in [-0.1, -0.05) is 6.54 Å². The van der Waals surface area contributed by atoms with Crippen LogP contribution in [-0.2, 0) is 32.7 Å². The van der Waals surface area contributed by atoms with E-state index in [2.05, 4.69) is 49.3 Å². The fourth-order valence-electron chi connectivity index (χ4n) is 4.35. The third-order valence-electron chi connectivity index (χ3n) is 6.37. The average Bonchev–Trinajstić information content (AvgIpc) is 3.33. The first-order chi connectivity index (χ1) is 10.5. The van der Waals surface area contributed by atoms with Crippen LogP contribution >= 0.6 is 0 Å². The molecule has 1 radical (unpaired) electrons. The van der Waals surface area contributed by atoms with Crippen LogP contribution in [-0.4, -0.2) is 67.1 Å². The molecule has 2 aliphatic carbocycles. The van der Waals surface area contributed by atoms with E-state index in [9.17, 15) is 0 Å². The van der Waals surface area contributed by atoms with E-state index in [1.54, 1.807) is 0 Å². The number of piperidine rings is 1. The van der Waals surface area contributed by atoms with Crippen molar-refractivity contribution in [2.75, 3.05) is 40.8 Å². The molecule has 0 unspecified atom stereocenters. The molecule has 5 rings (SSSR count). The van der Waals surface area contributed by atoms with Crippen molar-refractivity contribution in [3.63, 3.8) is 0 Å². The first-order valence-corrected chi connectivity index (χ1v) is 9.28. The van der Waals surface area contributed by atoms with Crippen molar-refractivity contribution in [3.05, 3.63) is 13.5 Å². The Labute approximate surface area is 169 Å². The molecule has 131 valence electrons. The SMILES string of the molecule is CN1CCCC12CC2.CN1CC[C@H]2C[C@H]21.[CH2-][C@H]1C[CH-]N(C)C1.[Y]. The van der Waals surface area contributed by atoms with Gasteiger partial charge >= 0.3 is 0 Å². The summed E-state index contributed by atoms with van der Waals surface area (Å²) in [6.07, 6.45) is 10.0. The van der Waals surface area contributed by atoms with Crippen LogP contribution in [0.1, 0.15) is 44.9 Å². The summed E-state index contributed by atoms with van der Waals surface area (Å²) in [5.74, 6) is 1.76. The Balaban J connectivity index is 0.000000123. The standard InChI is InChI=1S/C7H13N.2C6H11N.Y/c1-8-6-2-3-7(8)4-5-7;1-7-3-2-5-4-6(5)7;1-6-3-4-7(2)5-6;/h2-6H2,1H3;5-6H,2-4H2,1H3;4,6H,1,3,5H2,2H3;/q;;-2;/t;5-,6+;6-;/m.00./s1. The Kier molecular flexibility index (Phi) is 7.57. The van der Waals surface area contributed by atoms with Gasteiger partial charge in [0.05, 0.1) is 0 Å². The maximum atomic E-state index is 3.92. The molecule has 3 atom stereocenters. The summed E-state index contributed by atoms with van der Waals surface area (Å²) in [5, 5.41) is 0. The van der Waals surface area contributed by atoms with Crippen LogP contribution in [0.4, 0.5) is 0 Å². The number of rotatable bonds is 0. The van der Waals surface area contributed by atoms with Crippen LogP contribution in [0.25, 0.3) is 0 Å². The molecular formula is C19H35N3Y-2. The van der Waals surface area contributed by atoms with Gasteiger partial charge in [0.25, 0.3) is 0 Å². The quantitative estimate of drug-likeness (QED) is 0.585. The van der Waals surface area contributed by atoms with Crippen molar-refractivity contribution < 1.29 is 32.7 Å². The maximum absolute atomic E-state index is 3.92. The van der Waals surface area contributed by atoms with Crippen LogP contribution < -0.4 is 0 Å². The van der Waals surface area contributed by atoms with E-state index in [0.29, 0.717) is 5.92 Å². The largest absolute Gasteiger partial charge is 0.461 e. The number of hydrogen-bond acceptors (Lipinski definition) is 3. The molecule has 0 aromatic rings. The summed E-state index contributed by atoms with van der Waals surface area (Å²) < 4.78 is 0. The number of likely N-dealkylation sites (tertiary alicyclic amines) is 3. The minimum atomic E-state index is 0. The molecule has 2 saturated carbocycles. The van der Waals surface area contributed by atoms with Crippen molar-refractivity contribution >= 4 is 0 Å². The summed E-state index contributed by atoms with van der Waals surface area (Å²) in [5.41, 5.74) is 0.736. The minimum Gasteiger partial charge on any atom is -0.461 e. The van der Waals surface area contributed by atoms with E-state index in [1.807, 2.05) is 0 Å². The Hall–Kier alpha value is 0.984. The normalized spacial score (nSPS) is 37.3. The van der Waals surface area contributed by atoms with Gasteiger partial charge in [-0.25, -0.2) is 0 Å². The Bertz CT molecular complexity index is 361. The molecule has 0 N–H and O–H groups in total. The summed E-state index contributed by atoms with van der Waals surface area (Å²) in [7, 11) is 6.59. The van der Waals surface area contributed by atoms with Gasteiger partial charge in [0, 0.05) is 44.3 Å². The molecule has 23 heavy (non-hydrogen) atoms. The Morgan fingerprint density at radius 3 is 2.00 bits per heavy atom. The van der Waals surface area contributed by atoms with Crippen molar-refractivity contribution in [3.8, 4) is 0 Å².